The molecule has 0 aliphatic rings. The fraction of sp³-hybridized carbons (Fsp3) is 0.0714. The van der Waals surface area contributed by atoms with Gasteiger partial charge in [-0.15, -0.1) is 0 Å². The van der Waals surface area contributed by atoms with Crippen molar-refractivity contribution in [1.29, 1.82) is 0 Å². The van der Waals surface area contributed by atoms with E-state index in [1.165, 1.54) is 0 Å². The Bertz CT molecular complexity index is 644. The Hall–Kier alpha value is -1.76. The topological polar surface area (TPSA) is 43.0 Å². The molecule has 19 heavy (non-hydrogen) atoms. The average molecular weight is 365 g/mol. The van der Waals surface area contributed by atoms with Crippen LogP contribution in [0.3, 0.4) is 0 Å². The lowest BCUT2D eigenvalue weighted by Crippen LogP contribution is -1.99. The molecule has 0 atom stereocenters. The van der Waals surface area contributed by atoms with E-state index in [4.69, 9.17) is 4.42 Å². The van der Waals surface area contributed by atoms with Crippen LogP contribution in [0.4, 0.5) is 5.69 Å². The molecule has 0 unspecified atom stereocenters. The van der Waals surface area contributed by atoms with E-state index in [0.29, 0.717) is 6.54 Å². The van der Waals surface area contributed by atoms with Gasteiger partial charge in [-0.1, -0.05) is 0 Å². The number of nitrogens with one attached hydrogen (secondary N) is 1. The molecule has 0 aliphatic heterocycles. The van der Waals surface area contributed by atoms with Crippen molar-refractivity contribution in [3.63, 3.8) is 0 Å². The fourth-order valence-corrected chi connectivity index (χ4v) is 2.25. The number of furan rings is 1. The highest BCUT2D eigenvalue weighted by Crippen LogP contribution is 2.15. The molecule has 0 fully saturated rings. The number of hydrogen-bond acceptors (Lipinski definition) is 3. The highest BCUT2D eigenvalue weighted by molar-refractivity contribution is 14.1. The summed E-state index contributed by atoms with van der Waals surface area (Å²) >= 11 is 2.16. The smallest absolute Gasteiger partial charge is 0.164 e. The highest BCUT2D eigenvalue weighted by atomic mass is 127. The number of nitrogens with zero attached hydrogens (tertiary/aromatic N) is 2. The van der Waals surface area contributed by atoms with Crippen molar-refractivity contribution < 1.29 is 4.42 Å². The first-order valence-corrected chi connectivity index (χ1v) is 6.97. The Labute approximate surface area is 124 Å². The molecule has 5 heteroatoms. The van der Waals surface area contributed by atoms with Crippen molar-refractivity contribution in [1.82, 2.24) is 9.78 Å². The fourth-order valence-electron chi connectivity index (χ4n) is 1.79. The van der Waals surface area contributed by atoms with Crippen LogP contribution in [-0.4, -0.2) is 9.78 Å². The highest BCUT2D eigenvalue weighted by Gasteiger charge is 2.00. The molecule has 2 aromatic heterocycles. The van der Waals surface area contributed by atoms with Crippen molar-refractivity contribution >= 4 is 28.3 Å². The first kappa shape index (κ1) is 12.3. The predicted molar refractivity (Wildman–Crippen MR) is 82.3 cm³/mol. The van der Waals surface area contributed by atoms with Crippen LogP contribution >= 0.6 is 22.6 Å². The van der Waals surface area contributed by atoms with Crippen LogP contribution in [0.2, 0.25) is 0 Å². The molecule has 96 valence electrons. The van der Waals surface area contributed by atoms with Crippen molar-refractivity contribution in [2.24, 2.45) is 0 Å². The molecule has 4 nitrogen and oxygen atoms in total. The zero-order valence-electron chi connectivity index (χ0n) is 10.1. The van der Waals surface area contributed by atoms with Crippen molar-refractivity contribution in [3.05, 3.63) is 64.4 Å². The van der Waals surface area contributed by atoms with Crippen LogP contribution in [-0.2, 0) is 6.54 Å². The maximum Gasteiger partial charge on any atom is 0.164 e. The Kier molecular flexibility index (Phi) is 3.54. The van der Waals surface area contributed by atoms with Gasteiger partial charge in [-0.2, -0.15) is 5.10 Å². The molecule has 0 saturated heterocycles. The molecular weight excluding hydrogens is 353 g/mol. The van der Waals surface area contributed by atoms with Crippen molar-refractivity contribution in [2.75, 3.05) is 5.32 Å². The van der Waals surface area contributed by atoms with E-state index in [9.17, 15) is 0 Å². The van der Waals surface area contributed by atoms with E-state index < -0.39 is 0 Å². The summed E-state index contributed by atoms with van der Waals surface area (Å²) in [5.74, 6) is 0.931. The minimum absolute atomic E-state index is 0.685. The third kappa shape index (κ3) is 2.98. The Balaban J connectivity index is 1.66. The number of anilines is 1. The van der Waals surface area contributed by atoms with E-state index >= 15 is 0 Å². The molecule has 1 aromatic carbocycles. The van der Waals surface area contributed by atoms with Gasteiger partial charge >= 0.3 is 0 Å². The minimum Gasteiger partial charge on any atom is -0.454 e. The summed E-state index contributed by atoms with van der Waals surface area (Å²) in [6.07, 6.45) is 3.69. The molecule has 0 aliphatic carbocycles. The standard InChI is InChI=1S/C14H12IN3O/c15-14-7-6-13(19-14)10-16-11-2-4-12(5-3-11)18-9-1-8-17-18/h1-9,16H,10H2. The van der Waals surface area contributed by atoms with Crippen LogP contribution in [0.25, 0.3) is 5.69 Å². The van der Waals surface area contributed by atoms with Crippen LogP contribution in [0.15, 0.2) is 59.3 Å². The van der Waals surface area contributed by atoms with Crippen LogP contribution in [0.1, 0.15) is 5.76 Å². The largest absolute Gasteiger partial charge is 0.454 e. The molecule has 0 radical (unpaired) electrons. The van der Waals surface area contributed by atoms with Gasteiger partial charge < -0.3 is 9.73 Å². The number of rotatable bonds is 4. The van der Waals surface area contributed by atoms with Gasteiger partial charge in [-0.25, -0.2) is 4.68 Å². The normalized spacial score (nSPS) is 10.6. The SMILES string of the molecule is Ic1ccc(CNc2ccc(-n3cccn3)cc2)o1. The van der Waals surface area contributed by atoms with Crippen LogP contribution < -0.4 is 5.32 Å². The second-order valence-electron chi connectivity index (χ2n) is 4.06. The molecule has 0 spiro atoms. The van der Waals surface area contributed by atoms with E-state index in [2.05, 4.69) is 33.0 Å². The summed E-state index contributed by atoms with van der Waals surface area (Å²) in [6, 6.07) is 14.0. The predicted octanol–water partition coefficient (Wildman–Crippen LogP) is 3.68. The summed E-state index contributed by atoms with van der Waals surface area (Å²) in [7, 11) is 0. The van der Waals surface area contributed by atoms with Gasteiger partial charge in [0, 0.05) is 18.1 Å². The summed E-state index contributed by atoms with van der Waals surface area (Å²) in [5, 5.41) is 7.51. The van der Waals surface area contributed by atoms with Crippen molar-refractivity contribution in [3.8, 4) is 5.69 Å². The molecule has 3 aromatic rings. The van der Waals surface area contributed by atoms with Gasteiger partial charge in [0.2, 0.25) is 0 Å². The third-order valence-corrected chi connectivity index (χ3v) is 3.31. The second-order valence-corrected chi connectivity index (χ2v) is 5.12. The first-order valence-electron chi connectivity index (χ1n) is 5.89. The zero-order valence-corrected chi connectivity index (χ0v) is 12.2. The second kappa shape index (κ2) is 5.48. The summed E-state index contributed by atoms with van der Waals surface area (Å²) in [4.78, 5) is 0. The monoisotopic (exact) mass is 365 g/mol. The van der Waals surface area contributed by atoms with E-state index in [0.717, 1.165) is 20.9 Å². The van der Waals surface area contributed by atoms with E-state index in [1.54, 1.807) is 6.20 Å². The number of benzene rings is 1. The summed E-state index contributed by atoms with van der Waals surface area (Å²) in [6.45, 7) is 0.685. The molecule has 0 bridgehead atoms. The summed E-state index contributed by atoms with van der Waals surface area (Å²) < 4.78 is 8.24. The Morgan fingerprint density at radius 3 is 2.63 bits per heavy atom. The molecule has 0 saturated carbocycles. The maximum absolute atomic E-state index is 5.50. The van der Waals surface area contributed by atoms with Crippen LogP contribution in [0, 0.1) is 3.77 Å². The lowest BCUT2D eigenvalue weighted by atomic mass is 10.3. The quantitative estimate of drug-likeness (QED) is 0.718. The summed E-state index contributed by atoms with van der Waals surface area (Å²) in [5.41, 5.74) is 2.10. The minimum atomic E-state index is 0.685. The molecule has 1 N–H and O–H groups in total. The maximum atomic E-state index is 5.50. The lowest BCUT2D eigenvalue weighted by molar-refractivity contribution is 0.493. The molecule has 2 heterocycles. The average Bonchev–Trinajstić information content (AvgIpc) is 3.08. The van der Waals surface area contributed by atoms with Gasteiger partial charge in [0.15, 0.2) is 3.77 Å². The molecular formula is C14H12IN3O. The number of hydrogen-bond donors (Lipinski definition) is 1. The van der Waals surface area contributed by atoms with Gasteiger partial charge in [-0.05, 0) is 65.1 Å². The van der Waals surface area contributed by atoms with Crippen LogP contribution in [0.5, 0.6) is 0 Å². The van der Waals surface area contributed by atoms with Gasteiger partial charge in [0.05, 0.1) is 12.2 Å². The van der Waals surface area contributed by atoms with Gasteiger partial charge in [0.25, 0.3) is 0 Å². The van der Waals surface area contributed by atoms with Gasteiger partial charge in [0.1, 0.15) is 5.76 Å². The van der Waals surface area contributed by atoms with E-state index in [-0.39, 0.29) is 0 Å². The number of aromatic nitrogens is 2. The lowest BCUT2D eigenvalue weighted by Gasteiger charge is -2.06. The zero-order chi connectivity index (χ0) is 13.1. The first-order chi connectivity index (χ1) is 9.31. The Morgan fingerprint density at radius 1 is 1.16 bits per heavy atom. The molecule has 0 amide bonds. The third-order valence-electron chi connectivity index (χ3n) is 2.73. The number of halogens is 1. The Morgan fingerprint density at radius 2 is 2.00 bits per heavy atom. The molecule has 3 rings (SSSR count). The van der Waals surface area contributed by atoms with Crippen molar-refractivity contribution in [2.45, 2.75) is 6.54 Å². The van der Waals surface area contributed by atoms with E-state index in [1.807, 2.05) is 53.3 Å². The van der Waals surface area contributed by atoms with Gasteiger partial charge in [-0.3, -0.25) is 0 Å².